The second-order valence-corrected chi connectivity index (χ2v) is 13.7. The lowest BCUT2D eigenvalue weighted by atomic mass is 9.49. The molecule has 6 rings (SSSR count). The van der Waals surface area contributed by atoms with E-state index in [9.17, 15) is 19.8 Å². The van der Waals surface area contributed by atoms with Crippen molar-refractivity contribution in [3.05, 3.63) is 29.8 Å². The number of aliphatic hydroxyl groups is 1. The molecule has 0 spiro atoms. The highest BCUT2D eigenvalue weighted by molar-refractivity contribution is 6.02. The molecule has 4 bridgehead atoms. The van der Waals surface area contributed by atoms with Gasteiger partial charge >= 0.3 is 6.09 Å². The molecule has 0 radical (unpaired) electrons. The summed E-state index contributed by atoms with van der Waals surface area (Å²) in [6.07, 6.45) is 6.56. The van der Waals surface area contributed by atoms with Gasteiger partial charge in [0.25, 0.3) is 0 Å². The van der Waals surface area contributed by atoms with E-state index in [1.807, 2.05) is 52.0 Å². The minimum atomic E-state index is -1.06. The van der Waals surface area contributed by atoms with Gasteiger partial charge < -0.3 is 25.7 Å². The Labute approximate surface area is 231 Å². The zero-order valence-corrected chi connectivity index (χ0v) is 23.8. The van der Waals surface area contributed by atoms with Crippen molar-refractivity contribution in [3.63, 3.8) is 0 Å². The molecule has 4 aliphatic carbocycles. The molecule has 2 aromatic rings. The van der Waals surface area contributed by atoms with Crippen molar-refractivity contribution in [2.45, 2.75) is 78.7 Å². The van der Waals surface area contributed by atoms with Crippen LogP contribution in [0, 0.1) is 35.5 Å². The fourth-order valence-corrected chi connectivity index (χ4v) is 7.67. The van der Waals surface area contributed by atoms with E-state index in [-0.39, 0.29) is 24.4 Å². The molecule has 8 nitrogen and oxygen atoms in total. The number of carbonyl (C=O) groups is 2. The molecule has 8 heteroatoms. The second-order valence-electron chi connectivity index (χ2n) is 13.7. The Morgan fingerprint density at radius 2 is 1.72 bits per heavy atom. The normalized spacial score (nSPS) is 26.4. The number of carbonyl (C=O) groups excluding carboxylic acids is 1. The molecule has 4 aliphatic rings. The summed E-state index contributed by atoms with van der Waals surface area (Å²) in [4.78, 5) is 31.0. The molecule has 212 valence electrons. The van der Waals surface area contributed by atoms with Gasteiger partial charge in [0.1, 0.15) is 5.82 Å². The molecule has 1 unspecified atom stereocenters. The zero-order chi connectivity index (χ0) is 27.9. The van der Waals surface area contributed by atoms with Crippen LogP contribution in [0.1, 0.15) is 71.3 Å². The van der Waals surface area contributed by atoms with E-state index >= 15 is 0 Å². The number of amides is 2. The number of aromatic nitrogens is 1. The number of hydrogen-bond donors (Lipinski definition) is 4. The first-order chi connectivity index (χ1) is 18.4. The average Bonchev–Trinajstić information content (AvgIpc) is 2.83. The first-order valence-corrected chi connectivity index (χ1v) is 14.5. The van der Waals surface area contributed by atoms with E-state index in [0.29, 0.717) is 18.8 Å². The standard InChI is InChI=1S/C31H44N4O4/c1-19-5-7-24-23(6-8-26(33-24)32-9-10-35(29(38)39)18-25(36)30(2,3)4)28(19)34-27(37)17-31-14-20-11-21(15-31)13-22(12-20)16-31/h5-8,20-22,25,36H,9-18H2,1-4H3,(H,32,33)(H,34,37)(H,38,39). The molecule has 39 heavy (non-hydrogen) atoms. The Kier molecular flexibility index (Phi) is 7.53. The Balaban J connectivity index is 1.22. The Morgan fingerprint density at radius 3 is 2.31 bits per heavy atom. The Morgan fingerprint density at radius 1 is 1.08 bits per heavy atom. The molecule has 4 N–H and O–H groups in total. The van der Waals surface area contributed by atoms with Crippen LogP contribution in [0.3, 0.4) is 0 Å². The monoisotopic (exact) mass is 536 g/mol. The molecule has 1 aromatic heterocycles. The van der Waals surface area contributed by atoms with Crippen LogP contribution in [0.5, 0.6) is 0 Å². The summed E-state index contributed by atoms with van der Waals surface area (Å²) in [5.41, 5.74) is 2.41. The maximum Gasteiger partial charge on any atom is 0.407 e. The van der Waals surface area contributed by atoms with Gasteiger partial charge in [-0.15, -0.1) is 0 Å². The van der Waals surface area contributed by atoms with Crippen LogP contribution < -0.4 is 10.6 Å². The maximum atomic E-state index is 13.3. The van der Waals surface area contributed by atoms with Gasteiger partial charge in [-0.05, 0) is 97.8 Å². The summed E-state index contributed by atoms with van der Waals surface area (Å²) in [7, 11) is 0. The zero-order valence-electron chi connectivity index (χ0n) is 23.8. The van der Waals surface area contributed by atoms with Crippen molar-refractivity contribution in [2.24, 2.45) is 28.6 Å². The third-order valence-corrected chi connectivity index (χ3v) is 9.40. The van der Waals surface area contributed by atoms with E-state index in [0.717, 1.165) is 39.9 Å². The number of benzene rings is 1. The first kappa shape index (κ1) is 27.7. The summed E-state index contributed by atoms with van der Waals surface area (Å²) in [5, 5.41) is 27.3. The number of anilines is 2. The van der Waals surface area contributed by atoms with E-state index < -0.39 is 17.6 Å². The fourth-order valence-electron chi connectivity index (χ4n) is 7.67. The molecule has 2 amide bonds. The summed E-state index contributed by atoms with van der Waals surface area (Å²) in [6, 6.07) is 7.77. The molecule has 4 fully saturated rings. The van der Waals surface area contributed by atoms with Gasteiger partial charge in [-0.2, -0.15) is 0 Å². The van der Waals surface area contributed by atoms with Crippen molar-refractivity contribution in [1.29, 1.82) is 0 Å². The molecule has 1 heterocycles. The van der Waals surface area contributed by atoms with E-state index in [1.54, 1.807) is 0 Å². The number of nitrogens with zero attached hydrogens (tertiary/aromatic N) is 2. The van der Waals surface area contributed by atoms with Gasteiger partial charge in [-0.3, -0.25) is 4.79 Å². The quantitative estimate of drug-likeness (QED) is 0.318. The van der Waals surface area contributed by atoms with Gasteiger partial charge in [0.15, 0.2) is 0 Å². The molecular weight excluding hydrogens is 492 g/mol. The van der Waals surface area contributed by atoms with Crippen molar-refractivity contribution >= 4 is 34.4 Å². The van der Waals surface area contributed by atoms with Crippen LogP contribution in [-0.4, -0.2) is 57.8 Å². The summed E-state index contributed by atoms with van der Waals surface area (Å²) in [5.74, 6) is 3.22. The fraction of sp³-hybridized carbons (Fsp3) is 0.645. The molecule has 4 saturated carbocycles. The highest BCUT2D eigenvalue weighted by Gasteiger charge is 2.51. The lowest BCUT2D eigenvalue weighted by Gasteiger charge is -2.56. The van der Waals surface area contributed by atoms with Crippen molar-refractivity contribution in [3.8, 4) is 0 Å². The molecule has 1 atom stereocenters. The lowest BCUT2D eigenvalue weighted by Crippen LogP contribution is -2.47. The van der Waals surface area contributed by atoms with Crippen LogP contribution in [-0.2, 0) is 4.79 Å². The van der Waals surface area contributed by atoms with Gasteiger partial charge in [0, 0.05) is 24.9 Å². The van der Waals surface area contributed by atoms with Crippen LogP contribution in [0.2, 0.25) is 0 Å². The van der Waals surface area contributed by atoms with E-state index in [2.05, 4.69) is 10.6 Å². The van der Waals surface area contributed by atoms with Crippen LogP contribution in [0.25, 0.3) is 10.9 Å². The Bertz CT molecular complexity index is 1200. The predicted octanol–water partition coefficient (Wildman–Crippen LogP) is 5.89. The lowest BCUT2D eigenvalue weighted by molar-refractivity contribution is -0.124. The summed E-state index contributed by atoms with van der Waals surface area (Å²) < 4.78 is 0. The van der Waals surface area contributed by atoms with Crippen LogP contribution in [0.4, 0.5) is 16.3 Å². The number of nitrogens with one attached hydrogen (secondary N) is 2. The smallest absolute Gasteiger partial charge is 0.407 e. The van der Waals surface area contributed by atoms with Crippen molar-refractivity contribution < 1.29 is 19.8 Å². The topological polar surface area (TPSA) is 115 Å². The maximum absolute atomic E-state index is 13.3. The van der Waals surface area contributed by atoms with Gasteiger partial charge in [0.2, 0.25) is 5.91 Å². The van der Waals surface area contributed by atoms with Crippen molar-refractivity contribution in [1.82, 2.24) is 9.88 Å². The highest BCUT2D eigenvalue weighted by atomic mass is 16.4. The number of aryl methyl sites for hydroxylation is 1. The number of fused-ring (bicyclic) bond motifs is 1. The number of carboxylic acid groups (broad SMARTS) is 1. The predicted molar refractivity (Wildman–Crippen MR) is 154 cm³/mol. The summed E-state index contributed by atoms with van der Waals surface area (Å²) in [6.45, 7) is 8.31. The van der Waals surface area contributed by atoms with Gasteiger partial charge in [0.05, 0.1) is 23.9 Å². The number of rotatable bonds is 9. The number of hydrogen-bond acceptors (Lipinski definition) is 5. The van der Waals surface area contributed by atoms with Crippen LogP contribution >= 0.6 is 0 Å². The third kappa shape index (κ3) is 6.16. The first-order valence-electron chi connectivity index (χ1n) is 14.5. The van der Waals surface area contributed by atoms with Gasteiger partial charge in [-0.1, -0.05) is 26.8 Å². The van der Waals surface area contributed by atoms with E-state index in [4.69, 9.17) is 4.98 Å². The largest absolute Gasteiger partial charge is 0.465 e. The highest BCUT2D eigenvalue weighted by Crippen LogP contribution is 2.61. The third-order valence-electron chi connectivity index (χ3n) is 9.40. The van der Waals surface area contributed by atoms with Gasteiger partial charge in [-0.25, -0.2) is 9.78 Å². The minimum absolute atomic E-state index is 0.0528. The second kappa shape index (κ2) is 10.6. The van der Waals surface area contributed by atoms with Crippen molar-refractivity contribution in [2.75, 3.05) is 30.3 Å². The number of pyridine rings is 1. The minimum Gasteiger partial charge on any atom is -0.465 e. The summed E-state index contributed by atoms with van der Waals surface area (Å²) >= 11 is 0. The Hall–Kier alpha value is -2.87. The molecule has 0 aliphatic heterocycles. The average molecular weight is 537 g/mol. The molecule has 0 saturated heterocycles. The number of aliphatic hydroxyl groups excluding tert-OH is 1. The SMILES string of the molecule is Cc1ccc2nc(NCCN(CC(O)C(C)(C)C)C(=O)O)ccc2c1NC(=O)CC12CC3CC(CC(C3)C1)C2. The van der Waals surface area contributed by atoms with Crippen LogP contribution in [0.15, 0.2) is 24.3 Å². The molecule has 1 aromatic carbocycles. The molecular formula is C31H44N4O4. The van der Waals surface area contributed by atoms with E-state index in [1.165, 1.54) is 43.4 Å².